The molecule has 2 aromatic rings. The van der Waals surface area contributed by atoms with Crippen molar-refractivity contribution in [3.8, 4) is 0 Å². The minimum atomic E-state index is -2.72. The molecule has 1 unspecified atom stereocenters. The first kappa shape index (κ1) is 16.5. The highest BCUT2D eigenvalue weighted by molar-refractivity contribution is 7.79. The van der Waals surface area contributed by atoms with Gasteiger partial charge in [0.1, 0.15) is 22.1 Å². The lowest BCUT2D eigenvalue weighted by molar-refractivity contribution is 0.101. The second kappa shape index (κ2) is 6.47. The predicted molar refractivity (Wildman–Crippen MR) is 74.8 cm³/mol. The lowest BCUT2D eigenvalue weighted by atomic mass is 10.1. The van der Waals surface area contributed by atoms with Crippen molar-refractivity contribution in [2.45, 2.75) is 4.90 Å². The average molecular weight is 350 g/mol. The summed E-state index contributed by atoms with van der Waals surface area (Å²) in [6.45, 7) is 0. The molecule has 0 fully saturated rings. The van der Waals surface area contributed by atoms with Gasteiger partial charge in [0.25, 0.3) is 5.91 Å². The van der Waals surface area contributed by atoms with Gasteiger partial charge in [0, 0.05) is 5.69 Å². The molecule has 22 heavy (non-hydrogen) atoms. The van der Waals surface area contributed by atoms with Crippen LogP contribution >= 0.6 is 11.6 Å². The zero-order valence-corrected chi connectivity index (χ0v) is 12.1. The van der Waals surface area contributed by atoms with Crippen molar-refractivity contribution in [3.05, 3.63) is 58.4 Å². The molecule has 2 N–H and O–H groups in total. The van der Waals surface area contributed by atoms with Gasteiger partial charge in [-0.1, -0.05) is 11.6 Å². The van der Waals surface area contributed by atoms with Gasteiger partial charge in [0.15, 0.2) is 16.9 Å². The summed E-state index contributed by atoms with van der Waals surface area (Å²) in [6.07, 6.45) is 0. The molecule has 1 atom stereocenters. The van der Waals surface area contributed by atoms with E-state index in [2.05, 4.69) is 5.32 Å². The van der Waals surface area contributed by atoms with E-state index in [1.807, 2.05) is 0 Å². The summed E-state index contributed by atoms with van der Waals surface area (Å²) in [6, 6.07) is 4.61. The number of halogens is 4. The molecule has 0 saturated heterocycles. The van der Waals surface area contributed by atoms with E-state index < -0.39 is 44.9 Å². The largest absolute Gasteiger partial charge is 0.322 e. The maximum absolute atomic E-state index is 13.9. The van der Waals surface area contributed by atoms with Gasteiger partial charge in [-0.05, 0) is 30.3 Å². The maximum atomic E-state index is 13.9. The number of amides is 1. The molecule has 0 heterocycles. The maximum Gasteiger partial charge on any atom is 0.261 e. The predicted octanol–water partition coefficient (Wildman–Crippen LogP) is 3.59. The third kappa shape index (κ3) is 3.29. The van der Waals surface area contributed by atoms with Crippen LogP contribution in [0.2, 0.25) is 5.02 Å². The number of hydrogen-bond acceptors (Lipinski definition) is 2. The fourth-order valence-corrected chi connectivity index (χ4v) is 2.26. The van der Waals surface area contributed by atoms with Crippen LogP contribution in [-0.2, 0) is 11.1 Å². The lowest BCUT2D eigenvalue weighted by Crippen LogP contribution is -2.17. The summed E-state index contributed by atoms with van der Waals surface area (Å²) >= 11 is 2.80. The monoisotopic (exact) mass is 349 g/mol. The summed E-state index contributed by atoms with van der Waals surface area (Å²) in [7, 11) is 0. The Labute approximate surface area is 130 Å². The standard InChI is InChI=1S/C13H7ClF3NO3S/c14-7-5-6(1-2-8(7)15)18-13(19)11-9(16)3-4-10(12(11)17)22(20)21/h1-5H,(H,18,19)(H,20,21). The number of hydrogen-bond donors (Lipinski definition) is 2. The van der Waals surface area contributed by atoms with Crippen LogP contribution in [0.15, 0.2) is 35.2 Å². The van der Waals surface area contributed by atoms with Crippen LogP contribution in [0, 0.1) is 17.5 Å². The molecule has 2 aromatic carbocycles. The van der Waals surface area contributed by atoms with E-state index >= 15 is 0 Å². The second-order valence-electron chi connectivity index (χ2n) is 4.07. The Morgan fingerprint density at radius 2 is 1.77 bits per heavy atom. The summed E-state index contributed by atoms with van der Waals surface area (Å²) < 4.78 is 60.3. The quantitative estimate of drug-likeness (QED) is 0.832. The Morgan fingerprint density at radius 3 is 2.36 bits per heavy atom. The topological polar surface area (TPSA) is 66.4 Å². The van der Waals surface area contributed by atoms with Crippen molar-refractivity contribution >= 4 is 34.3 Å². The Bertz CT molecular complexity index is 785. The highest BCUT2D eigenvalue weighted by atomic mass is 35.5. The minimum Gasteiger partial charge on any atom is -0.322 e. The van der Waals surface area contributed by atoms with Crippen LogP contribution in [0.4, 0.5) is 18.9 Å². The molecule has 0 aliphatic carbocycles. The highest BCUT2D eigenvalue weighted by Gasteiger charge is 2.23. The van der Waals surface area contributed by atoms with E-state index in [4.69, 9.17) is 16.2 Å². The van der Waals surface area contributed by atoms with Crippen molar-refractivity contribution < 1.29 is 26.7 Å². The molecule has 0 aliphatic heterocycles. The van der Waals surface area contributed by atoms with Crippen LogP contribution in [0.5, 0.6) is 0 Å². The summed E-state index contributed by atoms with van der Waals surface area (Å²) in [5, 5.41) is 1.84. The number of anilines is 1. The SMILES string of the molecule is O=C(Nc1ccc(F)c(Cl)c1)c1c(F)ccc(S(=O)O)c1F. The van der Waals surface area contributed by atoms with Crippen molar-refractivity contribution in [1.82, 2.24) is 0 Å². The van der Waals surface area contributed by atoms with Gasteiger partial charge in [-0.15, -0.1) is 0 Å². The average Bonchev–Trinajstić information content (AvgIpc) is 2.42. The lowest BCUT2D eigenvalue weighted by Gasteiger charge is -2.09. The van der Waals surface area contributed by atoms with E-state index in [9.17, 15) is 22.2 Å². The molecule has 9 heteroatoms. The third-order valence-corrected chi connectivity index (χ3v) is 3.63. The Balaban J connectivity index is 2.39. The summed E-state index contributed by atoms with van der Waals surface area (Å²) in [4.78, 5) is 11.2. The van der Waals surface area contributed by atoms with E-state index in [1.165, 1.54) is 0 Å². The molecule has 0 radical (unpaired) electrons. The van der Waals surface area contributed by atoms with Crippen molar-refractivity contribution in [3.63, 3.8) is 0 Å². The fraction of sp³-hybridized carbons (Fsp3) is 0. The van der Waals surface area contributed by atoms with Gasteiger partial charge in [-0.25, -0.2) is 17.4 Å². The zero-order chi connectivity index (χ0) is 16.4. The molecule has 0 bridgehead atoms. The van der Waals surface area contributed by atoms with E-state index in [1.54, 1.807) is 0 Å². The molecule has 2 rings (SSSR count). The molecular formula is C13H7ClF3NO3S. The molecule has 0 spiro atoms. The second-order valence-corrected chi connectivity index (χ2v) is 5.41. The van der Waals surface area contributed by atoms with Gasteiger partial charge in [-0.3, -0.25) is 4.79 Å². The van der Waals surface area contributed by atoms with Crippen LogP contribution in [-0.4, -0.2) is 14.7 Å². The fourth-order valence-electron chi connectivity index (χ4n) is 1.64. The zero-order valence-electron chi connectivity index (χ0n) is 10.6. The number of carbonyl (C=O) groups excluding carboxylic acids is 1. The first-order valence-electron chi connectivity index (χ1n) is 5.66. The molecular weight excluding hydrogens is 343 g/mol. The van der Waals surface area contributed by atoms with Crippen LogP contribution in [0.1, 0.15) is 10.4 Å². The number of carbonyl (C=O) groups is 1. The van der Waals surface area contributed by atoms with Crippen LogP contribution < -0.4 is 5.32 Å². The smallest absolute Gasteiger partial charge is 0.261 e. The van der Waals surface area contributed by atoms with E-state index in [-0.39, 0.29) is 10.7 Å². The molecule has 4 nitrogen and oxygen atoms in total. The minimum absolute atomic E-state index is 0.00530. The summed E-state index contributed by atoms with van der Waals surface area (Å²) in [5.74, 6) is -4.59. The molecule has 0 aromatic heterocycles. The highest BCUT2D eigenvalue weighted by Crippen LogP contribution is 2.23. The Kier molecular flexibility index (Phi) is 4.84. The van der Waals surface area contributed by atoms with Crippen molar-refractivity contribution in [2.75, 3.05) is 5.32 Å². The molecule has 116 valence electrons. The number of rotatable bonds is 3. The van der Waals surface area contributed by atoms with Crippen LogP contribution in [0.3, 0.4) is 0 Å². The third-order valence-electron chi connectivity index (χ3n) is 2.65. The van der Waals surface area contributed by atoms with Gasteiger partial charge in [0.2, 0.25) is 0 Å². The summed E-state index contributed by atoms with van der Waals surface area (Å²) in [5.41, 5.74) is -1.02. The van der Waals surface area contributed by atoms with Crippen LogP contribution in [0.25, 0.3) is 0 Å². The van der Waals surface area contributed by atoms with E-state index in [0.29, 0.717) is 6.07 Å². The number of benzene rings is 2. The van der Waals surface area contributed by atoms with Crippen molar-refractivity contribution in [1.29, 1.82) is 0 Å². The Morgan fingerprint density at radius 1 is 1.14 bits per heavy atom. The van der Waals surface area contributed by atoms with Gasteiger partial charge in [0.05, 0.1) is 5.02 Å². The molecule has 0 aliphatic rings. The van der Waals surface area contributed by atoms with Gasteiger partial charge >= 0.3 is 0 Å². The molecule has 1 amide bonds. The van der Waals surface area contributed by atoms with Gasteiger partial charge in [-0.2, -0.15) is 0 Å². The first-order chi connectivity index (χ1) is 10.3. The normalized spacial score (nSPS) is 12.0. The van der Waals surface area contributed by atoms with Gasteiger partial charge < -0.3 is 9.87 Å². The number of nitrogens with one attached hydrogen (secondary N) is 1. The Hall–Kier alpha value is -1.90. The van der Waals surface area contributed by atoms with Crippen molar-refractivity contribution in [2.24, 2.45) is 0 Å². The molecule has 0 saturated carbocycles. The van der Waals surface area contributed by atoms with E-state index in [0.717, 1.165) is 24.3 Å². The first-order valence-corrected chi connectivity index (χ1v) is 7.15.